The molecule has 1 aromatic rings. The molecule has 6 heteroatoms. The highest BCUT2D eigenvalue weighted by Crippen LogP contribution is 2.25. The number of hydrogen-bond acceptors (Lipinski definition) is 5. The van der Waals surface area contributed by atoms with Gasteiger partial charge in [0.15, 0.2) is 0 Å². The summed E-state index contributed by atoms with van der Waals surface area (Å²) < 4.78 is 4.86. The predicted octanol–water partition coefficient (Wildman–Crippen LogP) is -0.113. The highest BCUT2D eigenvalue weighted by molar-refractivity contribution is 5.93. The van der Waals surface area contributed by atoms with Crippen molar-refractivity contribution in [2.45, 2.75) is 25.7 Å². The Morgan fingerprint density at radius 2 is 2.21 bits per heavy atom. The molecule has 2 unspecified atom stereocenters. The number of amides is 1. The second-order valence-corrected chi connectivity index (χ2v) is 4.44. The van der Waals surface area contributed by atoms with Gasteiger partial charge in [0, 0.05) is 19.0 Å². The van der Waals surface area contributed by atoms with Crippen molar-refractivity contribution in [2.75, 3.05) is 6.54 Å². The van der Waals surface area contributed by atoms with E-state index in [0.29, 0.717) is 16.7 Å². The average Bonchev–Trinajstić information content (AvgIpc) is 2.76. The van der Waals surface area contributed by atoms with Crippen LogP contribution in [0.4, 0.5) is 0 Å². The number of carbonyl (C=O) groups excluding carboxylic acids is 2. The van der Waals surface area contributed by atoms with Crippen LogP contribution in [-0.4, -0.2) is 34.7 Å². The highest BCUT2D eigenvalue weighted by Gasteiger charge is 2.24. The summed E-state index contributed by atoms with van der Waals surface area (Å²) >= 11 is 0. The Kier molecular flexibility index (Phi) is 3.82. The topological polar surface area (TPSA) is 95.9 Å². The number of ether oxygens (including phenoxy) is 1. The zero-order valence-electron chi connectivity index (χ0n) is 10.4. The molecule has 1 aliphatic rings. The van der Waals surface area contributed by atoms with Gasteiger partial charge in [0.25, 0.3) is 0 Å². The van der Waals surface area contributed by atoms with E-state index in [1.807, 2.05) is 0 Å². The number of nitrogens with one attached hydrogen (secondary N) is 1. The van der Waals surface area contributed by atoms with Crippen LogP contribution in [0.15, 0.2) is 18.2 Å². The summed E-state index contributed by atoms with van der Waals surface area (Å²) in [6.07, 6.45) is -2.24. The van der Waals surface area contributed by atoms with Crippen molar-refractivity contribution >= 4 is 11.9 Å². The first-order chi connectivity index (χ1) is 8.99. The van der Waals surface area contributed by atoms with Gasteiger partial charge in [0.05, 0.1) is 5.56 Å². The standard InChI is InChI=1S/C13H15NO5/c1-7(15)14-5-11(16)12(17)8-2-3-10-9(4-8)6-19-13(10)18/h2-4,11-12,16-17H,5-6H2,1H3,(H,14,15). The van der Waals surface area contributed by atoms with Crippen molar-refractivity contribution in [1.29, 1.82) is 0 Å². The number of aliphatic hydroxyl groups is 2. The summed E-state index contributed by atoms with van der Waals surface area (Å²) in [6, 6.07) is 4.75. The van der Waals surface area contributed by atoms with Crippen LogP contribution >= 0.6 is 0 Å². The number of cyclic esters (lactones) is 1. The molecular formula is C13H15NO5. The van der Waals surface area contributed by atoms with Gasteiger partial charge in [-0.25, -0.2) is 4.79 Å². The van der Waals surface area contributed by atoms with E-state index in [0.717, 1.165) is 0 Å². The number of fused-ring (bicyclic) bond motifs is 1. The third-order valence-electron chi connectivity index (χ3n) is 2.97. The number of esters is 1. The third-order valence-corrected chi connectivity index (χ3v) is 2.97. The number of rotatable bonds is 4. The van der Waals surface area contributed by atoms with Crippen molar-refractivity contribution < 1.29 is 24.5 Å². The van der Waals surface area contributed by atoms with Crippen molar-refractivity contribution in [3.05, 3.63) is 34.9 Å². The Balaban J connectivity index is 2.09. The molecule has 102 valence electrons. The molecule has 3 N–H and O–H groups in total. The summed E-state index contributed by atoms with van der Waals surface area (Å²) in [5, 5.41) is 22.2. The Labute approximate surface area is 110 Å². The molecule has 2 atom stereocenters. The van der Waals surface area contributed by atoms with Crippen LogP contribution in [0, 0.1) is 0 Å². The third kappa shape index (κ3) is 2.91. The summed E-state index contributed by atoms with van der Waals surface area (Å²) in [6.45, 7) is 1.47. The highest BCUT2D eigenvalue weighted by atomic mass is 16.5. The van der Waals surface area contributed by atoms with E-state index in [9.17, 15) is 19.8 Å². The molecule has 2 rings (SSSR count). The number of benzene rings is 1. The van der Waals surface area contributed by atoms with E-state index >= 15 is 0 Å². The van der Waals surface area contributed by atoms with Crippen LogP contribution in [0.2, 0.25) is 0 Å². The average molecular weight is 265 g/mol. The molecule has 1 amide bonds. The van der Waals surface area contributed by atoms with E-state index in [4.69, 9.17) is 4.74 Å². The Morgan fingerprint density at radius 1 is 1.47 bits per heavy atom. The van der Waals surface area contributed by atoms with Crippen LogP contribution in [0.25, 0.3) is 0 Å². The number of aliphatic hydroxyl groups excluding tert-OH is 2. The van der Waals surface area contributed by atoms with Crippen LogP contribution in [-0.2, 0) is 16.1 Å². The summed E-state index contributed by atoms with van der Waals surface area (Å²) in [4.78, 5) is 22.0. The summed E-state index contributed by atoms with van der Waals surface area (Å²) in [7, 11) is 0. The van der Waals surface area contributed by atoms with Crippen LogP contribution < -0.4 is 5.32 Å². The lowest BCUT2D eigenvalue weighted by atomic mass is 9.99. The fraction of sp³-hybridized carbons (Fsp3) is 0.385. The quantitative estimate of drug-likeness (QED) is 0.660. The molecule has 6 nitrogen and oxygen atoms in total. The molecule has 0 spiro atoms. The lowest BCUT2D eigenvalue weighted by molar-refractivity contribution is -0.119. The molecule has 1 aliphatic heterocycles. The smallest absolute Gasteiger partial charge is 0.338 e. The first-order valence-corrected chi connectivity index (χ1v) is 5.89. The second-order valence-electron chi connectivity index (χ2n) is 4.44. The van der Waals surface area contributed by atoms with Crippen molar-refractivity contribution in [3.8, 4) is 0 Å². The predicted molar refractivity (Wildman–Crippen MR) is 65.2 cm³/mol. The molecule has 0 aliphatic carbocycles. The van der Waals surface area contributed by atoms with Gasteiger partial charge >= 0.3 is 5.97 Å². The fourth-order valence-corrected chi connectivity index (χ4v) is 1.92. The van der Waals surface area contributed by atoms with Crippen LogP contribution in [0.1, 0.15) is 34.5 Å². The van der Waals surface area contributed by atoms with Gasteiger partial charge in [-0.1, -0.05) is 6.07 Å². The van der Waals surface area contributed by atoms with E-state index in [-0.39, 0.29) is 25.0 Å². The van der Waals surface area contributed by atoms with Crippen molar-refractivity contribution in [2.24, 2.45) is 0 Å². The van der Waals surface area contributed by atoms with Gasteiger partial charge in [-0.2, -0.15) is 0 Å². The number of carbonyl (C=O) groups is 2. The molecule has 0 saturated carbocycles. The monoisotopic (exact) mass is 265 g/mol. The second kappa shape index (κ2) is 5.38. The van der Waals surface area contributed by atoms with Crippen molar-refractivity contribution in [3.63, 3.8) is 0 Å². The van der Waals surface area contributed by atoms with Gasteiger partial charge in [0.2, 0.25) is 5.91 Å². The van der Waals surface area contributed by atoms with Gasteiger partial charge in [-0.3, -0.25) is 4.79 Å². The van der Waals surface area contributed by atoms with E-state index in [1.54, 1.807) is 18.2 Å². The van der Waals surface area contributed by atoms with Crippen molar-refractivity contribution in [1.82, 2.24) is 5.32 Å². The molecule has 1 aromatic carbocycles. The van der Waals surface area contributed by atoms with Gasteiger partial charge < -0.3 is 20.3 Å². The molecule has 0 fully saturated rings. The molecule has 0 saturated heterocycles. The first kappa shape index (κ1) is 13.5. The molecule has 0 aromatic heterocycles. The lowest BCUT2D eigenvalue weighted by Gasteiger charge is -2.18. The molecule has 0 bridgehead atoms. The van der Waals surface area contributed by atoms with Crippen LogP contribution in [0.5, 0.6) is 0 Å². The van der Waals surface area contributed by atoms with Crippen LogP contribution in [0.3, 0.4) is 0 Å². The zero-order chi connectivity index (χ0) is 14.0. The Hall–Kier alpha value is -1.92. The lowest BCUT2D eigenvalue weighted by Crippen LogP contribution is -2.34. The minimum Gasteiger partial charge on any atom is -0.457 e. The molecule has 0 radical (unpaired) electrons. The fourth-order valence-electron chi connectivity index (χ4n) is 1.92. The van der Waals surface area contributed by atoms with E-state index in [1.165, 1.54) is 6.92 Å². The minimum atomic E-state index is -1.13. The maximum Gasteiger partial charge on any atom is 0.338 e. The zero-order valence-corrected chi connectivity index (χ0v) is 10.4. The molecule has 19 heavy (non-hydrogen) atoms. The van der Waals surface area contributed by atoms with Gasteiger partial charge in [0.1, 0.15) is 18.8 Å². The van der Waals surface area contributed by atoms with Gasteiger partial charge in [-0.05, 0) is 17.7 Å². The van der Waals surface area contributed by atoms with E-state index < -0.39 is 12.2 Å². The number of hydrogen-bond donors (Lipinski definition) is 3. The summed E-state index contributed by atoms with van der Waals surface area (Å²) in [5.74, 6) is -0.658. The minimum absolute atomic E-state index is 0.0387. The maximum atomic E-state index is 11.3. The van der Waals surface area contributed by atoms with Gasteiger partial charge in [-0.15, -0.1) is 0 Å². The molecular weight excluding hydrogens is 250 g/mol. The normalized spacial score (nSPS) is 16.5. The SMILES string of the molecule is CC(=O)NCC(O)C(O)c1ccc2c(c1)COC2=O. The largest absolute Gasteiger partial charge is 0.457 e. The molecule has 1 heterocycles. The first-order valence-electron chi connectivity index (χ1n) is 5.89. The Morgan fingerprint density at radius 3 is 2.89 bits per heavy atom. The van der Waals surface area contributed by atoms with E-state index in [2.05, 4.69) is 5.32 Å². The maximum absolute atomic E-state index is 11.3. The Bertz CT molecular complexity index is 514. The summed E-state index contributed by atoms with van der Waals surface area (Å²) in [5.41, 5.74) is 1.65.